The standard InChI is InChI=1S/C13H24N4O/c1-10(2)18-11-5-8-15-12(17-11)16-9-13(3,4)6-7-14/h5,8,10H,6-7,9,14H2,1-4H3,(H,15,16,17). The summed E-state index contributed by atoms with van der Waals surface area (Å²) >= 11 is 0. The first kappa shape index (κ1) is 14.7. The molecule has 5 nitrogen and oxygen atoms in total. The maximum Gasteiger partial charge on any atom is 0.225 e. The summed E-state index contributed by atoms with van der Waals surface area (Å²) in [4.78, 5) is 8.48. The third-order valence-corrected chi connectivity index (χ3v) is 2.53. The highest BCUT2D eigenvalue weighted by atomic mass is 16.5. The van der Waals surface area contributed by atoms with Crippen LogP contribution in [0, 0.1) is 5.41 Å². The molecule has 0 aliphatic heterocycles. The molecule has 0 spiro atoms. The van der Waals surface area contributed by atoms with Gasteiger partial charge < -0.3 is 15.8 Å². The number of ether oxygens (including phenoxy) is 1. The lowest BCUT2D eigenvalue weighted by atomic mass is 9.89. The molecule has 0 saturated heterocycles. The molecule has 0 saturated carbocycles. The van der Waals surface area contributed by atoms with Crippen molar-refractivity contribution < 1.29 is 4.74 Å². The molecule has 1 heterocycles. The molecular weight excluding hydrogens is 228 g/mol. The summed E-state index contributed by atoms with van der Waals surface area (Å²) in [7, 11) is 0. The Morgan fingerprint density at radius 1 is 1.44 bits per heavy atom. The molecule has 0 aromatic carbocycles. The van der Waals surface area contributed by atoms with E-state index < -0.39 is 0 Å². The zero-order valence-corrected chi connectivity index (χ0v) is 11.7. The van der Waals surface area contributed by atoms with Crippen LogP contribution < -0.4 is 15.8 Å². The lowest BCUT2D eigenvalue weighted by Gasteiger charge is -2.24. The Bertz CT molecular complexity index is 366. The van der Waals surface area contributed by atoms with Crippen molar-refractivity contribution in [2.24, 2.45) is 11.1 Å². The number of hydrogen-bond acceptors (Lipinski definition) is 5. The highest BCUT2D eigenvalue weighted by Gasteiger charge is 2.16. The van der Waals surface area contributed by atoms with Gasteiger partial charge in [-0.25, -0.2) is 4.98 Å². The quantitative estimate of drug-likeness (QED) is 0.777. The monoisotopic (exact) mass is 252 g/mol. The number of anilines is 1. The summed E-state index contributed by atoms with van der Waals surface area (Å²) in [6.45, 7) is 9.75. The molecule has 1 rings (SSSR count). The van der Waals surface area contributed by atoms with Gasteiger partial charge in [-0.05, 0) is 32.2 Å². The summed E-state index contributed by atoms with van der Waals surface area (Å²) in [6, 6.07) is 1.76. The van der Waals surface area contributed by atoms with Crippen LogP contribution in [0.1, 0.15) is 34.1 Å². The van der Waals surface area contributed by atoms with E-state index in [1.54, 1.807) is 12.3 Å². The van der Waals surface area contributed by atoms with E-state index in [4.69, 9.17) is 10.5 Å². The van der Waals surface area contributed by atoms with Gasteiger partial charge in [0.2, 0.25) is 11.8 Å². The molecule has 0 radical (unpaired) electrons. The van der Waals surface area contributed by atoms with E-state index in [-0.39, 0.29) is 11.5 Å². The SMILES string of the molecule is CC(C)Oc1ccnc(NCC(C)(C)CCN)n1. The van der Waals surface area contributed by atoms with Gasteiger partial charge in [0.25, 0.3) is 0 Å². The van der Waals surface area contributed by atoms with Crippen molar-refractivity contribution in [1.82, 2.24) is 9.97 Å². The van der Waals surface area contributed by atoms with Gasteiger partial charge >= 0.3 is 0 Å². The third-order valence-electron chi connectivity index (χ3n) is 2.53. The second kappa shape index (κ2) is 6.54. The Morgan fingerprint density at radius 3 is 2.78 bits per heavy atom. The van der Waals surface area contributed by atoms with Crippen LogP contribution in [0.4, 0.5) is 5.95 Å². The van der Waals surface area contributed by atoms with E-state index in [1.165, 1.54) is 0 Å². The topological polar surface area (TPSA) is 73.1 Å². The van der Waals surface area contributed by atoms with E-state index in [2.05, 4.69) is 29.1 Å². The van der Waals surface area contributed by atoms with Crippen LogP contribution in [-0.4, -0.2) is 29.2 Å². The number of nitrogens with two attached hydrogens (primary N) is 1. The Hall–Kier alpha value is -1.36. The molecule has 18 heavy (non-hydrogen) atoms. The average molecular weight is 252 g/mol. The van der Waals surface area contributed by atoms with Crippen LogP contribution in [0.25, 0.3) is 0 Å². The maximum absolute atomic E-state index is 5.58. The largest absolute Gasteiger partial charge is 0.475 e. The van der Waals surface area contributed by atoms with Gasteiger partial charge in [0.05, 0.1) is 6.10 Å². The van der Waals surface area contributed by atoms with Crippen molar-refractivity contribution in [1.29, 1.82) is 0 Å². The minimum absolute atomic E-state index is 0.112. The molecule has 0 fully saturated rings. The van der Waals surface area contributed by atoms with Gasteiger partial charge in [0.1, 0.15) is 0 Å². The van der Waals surface area contributed by atoms with Crippen molar-refractivity contribution in [3.05, 3.63) is 12.3 Å². The number of hydrogen-bond donors (Lipinski definition) is 2. The zero-order valence-electron chi connectivity index (χ0n) is 11.7. The molecule has 0 unspecified atom stereocenters. The Labute approximate surface area is 109 Å². The molecule has 0 bridgehead atoms. The molecule has 3 N–H and O–H groups in total. The smallest absolute Gasteiger partial charge is 0.225 e. The number of nitrogens with one attached hydrogen (secondary N) is 1. The predicted molar refractivity (Wildman–Crippen MR) is 73.7 cm³/mol. The normalized spacial score (nSPS) is 11.7. The summed E-state index contributed by atoms with van der Waals surface area (Å²) in [5.74, 6) is 1.19. The van der Waals surface area contributed by atoms with Gasteiger partial charge in [0, 0.05) is 18.8 Å². The van der Waals surface area contributed by atoms with E-state index in [9.17, 15) is 0 Å². The first-order valence-corrected chi connectivity index (χ1v) is 6.36. The van der Waals surface area contributed by atoms with Crippen LogP contribution in [0.2, 0.25) is 0 Å². The fourth-order valence-corrected chi connectivity index (χ4v) is 1.53. The van der Waals surface area contributed by atoms with Gasteiger partial charge in [-0.2, -0.15) is 4.98 Å². The summed E-state index contributed by atoms with van der Waals surface area (Å²) < 4.78 is 5.52. The maximum atomic E-state index is 5.58. The molecule has 0 atom stereocenters. The van der Waals surface area contributed by atoms with E-state index >= 15 is 0 Å². The van der Waals surface area contributed by atoms with Crippen LogP contribution in [-0.2, 0) is 0 Å². The molecular formula is C13H24N4O. The van der Waals surface area contributed by atoms with Crippen LogP contribution in [0.5, 0.6) is 5.88 Å². The number of aromatic nitrogens is 2. The molecule has 102 valence electrons. The second-order valence-corrected chi connectivity index (χ2v) is 5.44. The molecule has 1 aromatic heterocycles. The molecule has 1 aromatic rings. The van der Waals surface area contributed by atoms with Crippen LogP contribution in [0.3, 0.4) is 0 Å². The Kier molecular flexibility index (Phi) is 5.34. The van der Waals surface area contributed by atoms with Crippen molar-refractivity contribution in [3.8, 4) is 5.88 Å². The fourth-order valence-electron chi connectivity index (χ4n) is 1.53. The first-order valence-electron chi connectivity index (χ1n) is 6.36. The highest BCUT2D eigenvalue weighted by molar-refractivity contribution is 5.27. The minimum Gasteiger partial charge on any atom is -0.475 e. The Balaban J connectivity index is 2.57. The summed E-state index contributed by atoms with van der Waals surface area (Å²) in [5.41, 5.74) is 5.72. The second-order valence-electron chi connectivity index (χ2n) is 5.44. The fraction of sp³-hybridized carbons (Fsp3) is 0.692. The van der Waals surface area contributed by atoms with Gasteiger partial charge in [-0.3, -0.25) is 0 Å². The minimum atomic E-state index is 0.112. The highest BCUT2D eigenvalue weighted by Crippen LogP contribution is 2.19. The van der Waals surface area contributed by atoms with Crippen LogP contribution in [0.15, 0.2) is 12.3 Å². The predicted octanol–water partition coefficient (Wildman–Crippen LogP) is 2.05. The van der Waals surface area contributed by atoms with Crippen LogP contribution >= 0.6 is 0 Å². The van der Waals surface area contributed by atoms with Gasteiger partial charge in [-0.15, -0.1) is 0 Å². The average Bonchev–Trinajstić information content (AvgIpc) is 2.26. The zero-order chi connectivity index (χ0) is 13.6. The molecule has 0 amide bonds. The number of rotatable bonds is 7. The first-order chi connectivity index (χ1) is 8.43. The van der Waals surface area contributed by atoms with Crippen molar-refractivity contribution >= 4 is 5.95 Å². The summed E-state index contributed by atoms with van der Waals surface area (Å²) in [6.07, 6.45) is 2.77. The Morgan fingerprint density at radius 2 is 2.17 bits per heavy atom. The third kappa shape index (κ3) is 5.31. The lowest BCUT2D eigenvalue weighted by Crippen LogP contribution is -2.26. The van der Waals surface area contributed by atoms with Crippen molar-refractivity contribution in [2.45, 2.75) is 40.2 Å². The molecule has 0 aliphatic rings. The number of nitrogens with zero attached hydrogens (tertiary/aromatic N) is 2. The molecule has 5 heteroatoms. The van der Waals surface area contributed by atoms with Crippen molar-refractivity contribution in [2.75, 3.05) is 18.4 Å². The van der Waals surface area contributed by atoms with Gasteiger partial charge in [0.15, 0.2) is 0 Å². The summed E-state index contributed by atoms with van der Waals surface area (Å²) in [5, 5.41) is 3.23. The van der Waals surface area contributed by atoms with Gasteiger partial charge in [-0.1, -0.05) is 13.8 Å². The lowest BCUT2D eigenvalue weighted by molar-refractivity contribution is 0.232. The van der Waals surface area contributed by atoms with Crippen molar-refractivity contribution in [3.63, 3.8) is 0 Å². The van der Waals surface area contributed by atoms with E-state index in [0.29, 0.717) is 18.4 Å². The van der Waals surface area contributed by atoms with E-state index in [1.807, 2.05) is 13.8 Å². The van der Waals surface area contributed by atoms with E-state index in [0.717, 1.165) is 13.0 Å². The molecule has 0 aliphatic carbocycles.